The van der Waals surface area contributed by atoms with E-state index in [0.717, 1.165) is 39.1 Å². The van der Waals surface area contributed by atoms with Crippen molar-refractivity contribution in [2.75, 3.05) is 10.6 Å². The van der Waals surface area contributed by atoms with Crippen molar-refractivity contribution >= 4 is 28.3 Å². The first-order chi connectivity index (χ1) is 13.1. The van der Waals surface area contributed by atoms with E-state index in [2.05, 4.69) is 27.8 Å². The molecule has 0 spiro atoms. The molecule has 4 nitrogen and oxygen atoms in total. The first-order valence-electron chi connectivity index (χ1n) is 8.92. The van der Waals surface area contributed by atoms with Crippen molar-refractivity contribution in [1.82, 2.24) is 4.98 Å². The van der Waals surface area contributed by atoms with Gasteiger partial charge in [0.2, 0.25) is 0 Å². The Morgan fingerprint density at radius 2 is 1.56 bits per heavy atom. The number of H-pyrrole nitrogens is 1. The average Bonchev–Trinajstić information content (AvgIpc) is 3.08. The molecule has 0 atom stereocenters. The van der Waals surface area contributed by atoms with Crippen molar-refractivity contribution in [3.05, 3.63) is 83.9 Å². The van der Waals surface area contributed by atoms with Gasteiger partial charge in [-0.1, -0.05) is 54.1 Å². The summed E-state index contributed by atoms with van der Waals surface area (Å²) in [5.41, 5.74) is 6.76. The van der Waals surface area contributed by atoms with E-state index < -0.39 is 0 Å². The molecule has 0 unspecified atom stereocenters. The molecule has 1 aromatic heterocycles. The SMILES string of the molecule is Cc1ccc(NC(=O)Nc2ccccc2-c2cc3ccccc3[nH]2)c(C)c1. The molecule has 3 N–H and O–H groups in total. The van der Waals surface area contributed by atoms with Crippen molar-refractivity contribution in [2.24, 2.45) is 0 Å². The van der Waals surface area contributed by atoms with E-state index in [1.165, 1.54) is 5.56 Å². The molecule has 0 saturated carbocycles. The molecule has 1 heterocycles. The lowest BCUT2D eigenvalue weighted by Crippen LogP contribution is -2.20. The number of aryl methyl sites for hydroxylation is 2. The van der Waals surface area contributed by atoms with E-state index >= 15 is 0 Å². The molecule has 3 aromatic carbocycles. The van der Waals surface area contributed by atoms with Crippen LogP contribution >= 0.6 is 0 Å². The molecular weight excluding hydrogens is 334 g/mol. The fourth-order valence-corrected chi connectivity index (χ4v) is 3.28. The third kappa shape index (κ3) is 3.55. The Bertz CT molecular complexity index is 1090. The van der Waals surface area contributed by atoms with Crippen LogP contribution in [-0.2, 0) is 0 Å². The quantitative estimate of drug-likeness (QED) is 0.409. The van der Waals surface area contributed by atoms with Gasteiger partial charge >= 0.3 is 6.03 Å². The minimum Gasteiger partial charge on any atom is -0.354 e. The summed E-state index contributed by atoms with van der Waals surface area (Å²) in [4.78, 5) is 16.0. The standard InChI is InChI=1S/C23H21N3O/c1-15-11-12-19(16(2)13-15)25-23(27)26-21-10-6-4-8-18(21)22-14-17-7-3-5-9-20(17)24-22/h3-14,24H,1-2H3,(H2,25,26,27). The van der Waals surface area contributed by atoms with Gasteiger partial charge in [0.1, 0.15) is 0 Å². The van der Waals surface area contributed by atoms with Gasteiger partial charge in [-0.25, -0.2) is 4.79 Å². The van der Waals surface area contributed by atoms with Gasteiger partial charge in [0.15, 0.2) is 0 Å². The summed E-state index contributed by atoms with van der Waals surface area (Å²) in [6.07, 6.45) is 0. The number of benzene rings is 3. The van der Waals surface area contributed by atoms with Gasteiger partial charge in [0.05, 0.1) is 5.69 Å². The average molecular weight is 355 g/mol. The smallest absolute Gasteiger partial charge is 0.323 e. The number of rotatable bonds is 3. The summed E-state index contributed by atoms with van der Waals surface area (Å²) in [5, 5.41) is 7.05. The molecule has 2 amide bonds. The molecular formula is C23H21N3O. The number of aromatic nitrogens is 1. The minimum atomic E-state index is -0.259. The van der Waals surface area contributed by atoms with Crippen LogP contribution in [0.4, 0.5) is 16.2 Å². The number of hydrogen-bond acceptors (Lipinski definition) is 1. The van der Waals surface area contributed by atoms with Crippen molar-refractivity contribution in [3.8, 4) is 11.3 Å². The molecule has 0 bridgehead atoms. The van der Waals surface area contributed by atoms with Crippen molar-refractivity contribution < 1.29 is 4.79 Å². The number of anilines is 2. The van der Waals surface area contributed by atoms with Gasteiger partial charge < -0.3 is 15.6 Å². The highest BCUT2D eigenvalue weighted by molar-refractivity contribution is 6.03. The Hall–Kier alpha value is -3.53. The molecule has 0 aliphatic carbocycles. The molecule has 0 radical (unpaired) electrons. The van der Waals surface area contributed by atoms with E-state index in [4.69, 9.17) is 0 Å². The van der Waals surface area contributed by atoms with Gasteiger partial charge in [-0.3, -0.25) is 0 Å². The molecule has 0 aliphatic heterocycles. The lowest BCUT2D eigenvalue weighted by Gasteiger charge is -2.13. The monoisotopic (exact) mass is 355 g/mol. The number of carbonyl (C=O) groups is 1. The summed E-state index contributed by atoms with van der Waals surface area (Å²) in [7, 11) is 0. The molecule has 0 aliphatic rings. The third-order valence-corrected chi connectivity index (χ3v) is 4.63. The predicted octanol–water partition coefficient (Wildman–Crippen LogP) is 6.10. The highest BCUT2D eigenvalue weighted by Gasteiger charge is 2.11. The zero-order valence-corrected chi connectivity index (χ0v) is 15.3. The fourth-order valence-electron chi connectivity index (χ4n) is 3.28. The van der Waals surface area contributed by atoms with Crippen molar-refractivity contribution in [1.29, 1.82) is 0 Å². The Labute approximate surface area is 158 Å². The Morgan fingerprint density at radius 1 is 0.815 bits per heavy atom. The number of nitrogens with one attached hydrogen (secondary N) is 3. The summed E-state index contributed by atoms with van der Waals surface area (Å²) in [5.74, 6) is 0. The number of fused-ring (bicyclic) bond motifs is 1. The molecule has 4 aromatic rings. The van der Waals surface area contributed by atoms with Crippen LogP contribution in [0.3, 0.4) is 0 Å². The van der Waals surface area contributed by atoms with Crippen LogP contribution in [0.2, 0.25) is 0 Å². The largest absolute Gasteiger partial charge is 0.354 e. The first-order valence-corrected chi connectivity index (χ1v) is 8.92. The minimum absolute atomic E-state index is 0.259. The van der Waals surface area contributed by atoms with E-state index in [1.807, 2.05) is 74.5 Å². The normalized spacial score (nSPS) is 10.7. The number of para-hydroxylation sites is 2. The van der Waals surface area contributed by atoms with Crippen LogP contribution in [0.15, 0.2) is 72.8 Å². The van der Waals surface area contributed by atoms with Gasteiger partial charge in [0, 0.05) is 27.8 Å². The highest BCUT2D eigenvalue weighted by Crippen LogP contribution is 2.30. The number of hydrogen-bond donors (Lipinski definition) is 3. The van der Waals surface area contributed by atoms with Gasteiger partial charge in [-0.15, -0.1) is 0 Å². The molecule has 134 valence electrons. The van der Waals surface area contributed by atoms with Gasteiger partial charge in [-0.2, -0.15) is 0 Å². The Morgan fingerprint density at radius 3 is 2.37 bits per heavy atom. The van der Waals surface area contributed by atoms with E-state index in [0.29, 0.717) is 0 Å². The second-order valence-corrected chi connectivity index (χ2v) is 6.71. The van der Waals surface area contributed by atoms with Gasteiger partial charge in [-0.05, 0) is 43.7 Å². The maximum atomic E-state index is 12.5. The number of urea groups is 1. The topological polar surface area (TPSA) is 56.9 Å². The summed E-state index contributed by atoms with van der Waals surface area (Å²) < 4.78 is 0. The molecule has 0 fully saturated rings. The van der Waals surface area contributed by atoms with E-state index in [1.54, 1.807) is 0 Å². The van der Waals surface area contributed by atoms with E-state index in [9.17, 15) is 4.79 Å². The van der Waals surface area contributed by atoms with Crippen LogP contribution in [0.5, 0.6) is 0 Å². The van der Waals surface area contributed by atoms with Crippen molar-refractivity contribution in [2.45, 2.75) is 13.8 Å². The lowest BCUT2D eigenvalue weighted by atomic mass is 10.1. The Kier molecular flexibility index (Phi) is 4.38. The molecule has 4 rings (SSSR count). The highest BCUT2D eigenvalue weighted by atomic mass is 16.2. The predicted molar refractivity (Wildman–Crippen MR) is 112 cm³/mol. The molecule has 0 saturated heterocycles. The zero-order valence-electron chi connectivity index (χ0n) is 15.3. The number of aromatic amines is 1. The Balaban J connectivity index is 1.60. The van der Waals surface area contributed by atoms with Crippen LogP contribution < -0.4 is 10.6 Å². The summed E-state index contributed by atoms with van der Waals surface area (Å²) >= 11 is 0. The van der Waals surface area contributed by atoms with Crippen molar-refractivity contribution in [3.63, 3.8) is 0 Å². The molecule has 4 heteroatoms. The number of amides is 2. The maximum Gasteiger partial charge on any atom is 0.323 e. The fraction of sp³-hybridized carbons (Fsp3) is 0.0870. The zero-order chi connectivity index (χ0) is 18.8. The van der Waals surface area contributed by atoms with Crippen LogP contribution in [0, 0.1) is 13.8 Å². The van der Waals surface area contributed by atoms with Gasteiger partial charge in [0.25, 0.3) is 0 Å². The molecule has 27 heavy (non-hydrogen) atoms. The lowest BCUT2D eigenvalue weighted by molar-refractivity contribution is 0.262. The van der Waals surface area contributed by atoms with Crippen LogP contribution in [0.25, 0.3) is 22.2 Å². The second kappa shape index (κ2) is 7.00. The summed E-state index contributed by atoms with van der Waals surface area (Å²) in [6, 6.07) is 23.7. The van der Waals surface area contributed by atoms with E-state index in [-0.39, 0.29) is 6.03 Å². The summed E-state index contributed by atoms with van der Waals surface area (Å²) in [6.45, 7) is 4.02. The van der Waals surface area contributed by atoms with Crippen LogP contribution in [0.1, 0.15) is 11.1 Å². The van der Waals surface area contributed by atoms with Crippen LogP contribution in [-0.4, -0.2) is 11.0 Å². The second-order valence-electron chi connectivity index (χ2n) is 6.71. The maximum absolute atomic E-state index is 12.5. The third-order valence-electron chi connectivity index (χ3n) is 4.63. The first kappa shape index (κ1) is 16.9. The number of carbonyl (C=O) groups excluding carboxylic acids is 1.